The van der Waals surface area contributed by atoms with Crippen molar-refractivity contribution in [1.82, 2.24) is 0 Å². The number of anilines is 2. The lowest BCUT2D eigenvalue weighted by Gasteiger charge is -2.20. The van der Waals surface area contributed by atoms with Gasteiger partial charge in [-0.1, -0.05) is 12.1 Å². The van der Waals surface area contributed by atoms with Crippen LogP contribution in [0.4, 0.5) is 20.6 Å². The van der Waals surface area contributed by atoms with E-state index in [0.29, 0.717) is 5.75 Å². The van der Waals surface area contributed by atoms with Crippen molar-refractivity contribution in [1.29, 1.82) is 0 Å². The van der Waals surface area contributed by atoms with E-state index in [-0.39, 0.29) is 11.4 Å². The van der Waals surface area contributed by atoms with Crippen LogP contribution in [0.3, 0.4) is 0 Å². The maximum atomic E-state index is 13.6. The molecule has 0 aliphatic rings. The molecule has 2 N–H and O–H groups in total. The van der Waals surface area contributed by atoms with E-state index in [9.17, 15) is 14.0 Å². The minimum Gasteiger partial charge on any atom is -0.497 e. The van der Waals surface area contributed by atoms with Gasteiger partial charge in [0.15, 0.2) is 0 Å². The van der Waals surface area contributed by atoms with Crippen LogP contribution < -0.4 is 15.4 Å². The minimum absolute atomic E-state index is 0.117. The summed E-state index contributed by atoms with van der Waals surface area (Å²) in [5, 5.41) is 5.06. The Balaban J connectivity index is 2.11. The largest absolute Gasteiger partial charge is 0.497 e. The SMILES string of the molecule is COc1cccc(/C=C/C(=O)Nc2cc(F)ccc2NC(=O)OC(C)(C)C)c1. The number of nitrogens with one attached hydrogen (secondary N) is 2. The van der Waals surface area contributed by atoms with Gasteiger partial charge in [-0.15, -0.1) is 0 Å². The van der Waals surface area contributed by atoms with Gasteiger partial charge in [0.05, 0.1) is 18.5 Å². The Morgan fingerprint density at radius 2 is 1.79 bits per heavy atom. The predicted octanol–water partition coefficient (Wildman–Crippen LogP) is 4.83. The first kappa shape index (κ1) is 21.0. The molecular weight excluding hydrogens is 363 g/mol. The molecule has 28 heavy (non-hydrogen) atoms. The quantitative estimate of drug-likeness (QED) is 0.722. The zero-order valence-corrected chi connectivity index (χ0v) is 16.2. The molecule has 0 aliphatic heterocycles. The molecule has 0 atom stereocenters. The van der Waals surface area contributed by atoms with Gasteiger partial charge in [0.1, 0.15) is 17.2 Å². The third-order valence-electron chi connectivity index (χ3n) is 3.40. The lowest BCUT2D eigenvalue weighted by Crippen LogP contribution is -2.27. The van der Waals surface area contributed by atoms with Gasteiger partial charge in [-0.3, -0.25) is 10.1 Å². The Hall–Kier alpha value is -3.35. The van der Waals surface area contributed by atoms with Crippen LogP contribution >= 0.6 is 0 Å². The van der Waals surface area contributed by atoms with Crippen LogP contribution in [-0.4, -0.2) is 24.7 Å². The first-order chi connectivity index (χ1) is 13.2. The Morgan fingerprint density at radius 3 is 2.46 bits per heavy atom. The minimum atomic E-state index is -0.707. The normalized spacial score (nSPS) is 11.2. The molecule has 2 aromatic carbocycles. The van der Waals surface area contributed by atoms with Gasteiger partial charge >= 0.3 is 6.09 Å². The topological polar surface area (TPSA) is 76.7 Å². The second-order valence-electron chi connectivity index (χ2n) is 6.92. The van der Waals surface area contributed by atoms with E-state index in [4.69, 9.17) is 9.47 Å². The average molecular weight is 386 g/mol. The number of carbonyl (C=O) groups is 2. The van der Waals surface area contributed by atoms with Crippen LogP contribution in [0.5, 0.6) is 5.75 Å². The summed E-state index contributed by atoms with van der Waals surface area (Å²) >= 11 is 0. The number of rotatable bonds is 5. The van der Waals surface area contributed by atoms with Crippen molar-refractivity contribution >= 4 is 29.5 Å². The fourth-order valence-electron chi connectivity index (χ4n) is 2.23. The maximum absolute atomic E-state index is 13.6. The van der Waals surface area contributed by atoms with Crippen molar-refractivity contribution in [3.8, 4) is 5.75 Å². The average Bonchev–Trinajstić information content (AvgIpc) is 2.61. The standard InChI is InChI=1S/C21H23FN2O4/c1-21(2,3)28-20(26)24-17-10-9-15(22)13-18(17)23-19(25)11-8-14-6-5-7-16(12-14)27-4/h5-13H,1-4H3,(H,23,25)(H,24,26)/b11-8+. The number of methoxy groups -OCH3 is 1. The highest BCUT2D eigenvalue weighted by Crippen LogP contribution is 2.24. The van der Waals surface area contributed by atoms with E-state index < -0.39 is 23.4 Å². The van der Waals surface area contributed by atoms with E-state index in [0.717, 1.165) is 11.6 Å². The molecule has 0 bridgehead atoms. The fourth-order valence-corrected chi connectivity index (χ4v) is 2.23. The van der Waals surface area contributed by atoms with E-state index in [1.807, 2.05) is 6.07 Å². The number of amides is 2. The lowest BCUT2D eigenvalue weighted by molar-refractivity contribution is -0.111. The molecule has 0 heterocycles. The first-order valence-corrected chi connectivity index (χ1v) is 8.59. The van der Waals surface area contributed by atoms with Crippen molar-refractivity contribution in [3.05, 3.63) is 59.9 Å². The summed E-state index contributed by atoms with van der Waals surface area (Å²) in [6.45, 7) is 5.18. The molecule has 0 fully saturated rings. The van der Waals surface area contributed by atoms with Crippen molar-refractivity contribution in [2.45, 2.75) is 26.4 Å². The van der Waals surface area contributed by atoms with Crippen molar-refractivity contribution < 1.29 is 23.5 Å². The zero-order valence-electron chi connectivity index (χ0n) is 16.2. The van der Waals surface area contributed by atoms with Crippen molar-refractivity contribution in [2.24, 2.45) is 0 Å². The number of benzene rings is 2. The smallest absolute Gasteiger partial charge is 0.412 e. The molecule has 0 saturated carbocycles. The lowest BCUT2D eigenvalue weighted by atomic mass is 10.2. The number of carbonyl (C=O) groups excluding carboxylic acids is 2. The molecule has 0 aromatic heterocycles. The molecule has 0 spiro atoms. The highest BCUT2D eigenvalue weighted by atomic mass is 19.1. The second kappa shape index (κ2) is 9.03. The highest BCUT2D eigenvalue weighted by molar-refractivity contribution is 6.05. The summed E-state index contributed by atoms with van der Waals surface area (Å²) in [5.74, 6) is -0.376. The van der Waals surface area contributed by atoms with E-state index >= 15 is 0 Å². The summed E-state index contributed by atoms with van der Waals surface area (Å²) in [6.07, 6.45) is 2.19. The predicted molar refractivity (Wildman–Crippen MR) is 107 cm³/mol. The third-order valence-corrected chi connectivity index (χ3v) is 3.40. The monoisotopic (exact) mass is 386 g/mol. The van der Waals surface area contributed by atoms with Crippen LogP contribution in [0.2, 0.25) is 0 Å². The molecule has 0 radical (unpaired) electrons. The summed E-state index contributed by atoms with van der Waals surface area (Å²) < 4.78 is 23.9. The molecule has 2 rings (SSSR count). The van der Waals surface area contributed by atoms with Gasteiger partial charge in [-0.2, -0.15) is 0 Å². The summed E-state index contributed by atoms with van der Waals surface area (Å²) in [4.78, 5) is 24.2. The zero-order chi connectivity index (χ0) is 20.7. The van der Waals surface area contributed by atoms with Gasteiger partial charge in [-0.25, -0.2) is 9.18 Å². The van der Waals surface area contributed by atoms with Gasteiger partial charge < -0.3 is 14.8 Å². The molecule has 0 aliphatic carbocycles. The van der Waals surface area contributed by atoms with Crippen LogP contribution in [0.15, 0.2) is 48.5 Å². The molecule has 2 amide bonds. The summed E-state index contributed by atoms with van der Waals surface area (Å²) in [6, 6.07) is 10.8. The van der Waals surface area contributed by atoms with Crippen LogP contribution in [0.25, 0.3) is 6.08 Å². The third kappa shape index (κ3) is 6.75. The number of hydrogen-bond donors (Lipinski definition) is 2. The number of ether oxygens (including phenoxy) is 2. The Labute approximate surface area is 163 Å². The first-order valence-electron chi connectivity index (χ1n) is 8.59. The van der Waals surface area contributed by atoms with Gasteiger partial charge in [0, 0.05) is 6.08 Å². The van der Waals surface area contributed by atoms with Gasteiger partial charge in [0.25, 0.3) is 0 Å². The highest BCUT2D eigenvalue weighted by Gasteiger charge is 2.17. The van der Waals surface area contributed by atoms with E-state index in [1.165, 1.54) is 18.2 Å². The van der Waals surface area contributed by atoms with E-state index in [1.54, 1.807) is 52.2 Å². The molecule has 6 nitrogen and oxygen atoms in total. The Bertz CT molecular complexity index is 888. The maximum Gasteiger partial charge on any atom is 0.412 e. The fraction of sp³-hybridized carbons (Fsp3) is 0.238. The van der Waals surface area contributed by atoms with Crippen LogP contribution in [0, 0.1) is 5.82 Å². The van der Waals surface area contributed by atoms with Crippen LogP contribution in [-0.2, 0) is 9.53 Å². The summed E-state index contributed by atoms with van der Waals surface area (Å²) in [7, 11) is 1.55. The molecule has 0 unspecified atom stereocenters. The second-order valence-corrected chi connectivity index (χ2v) is 6.92. The molecule has 0 saturated heterocycles. The Morgan fingerprint density at radius 1 is 1.04 bits per heavy atom. The number of halogens is 1. The summed E-state index contributed by atoms with van der Waals surface area (Å²) in [5.41, 5.74) is 0.415. The molecule has 148 valence electrons. The molecule has 2 aromatic rings. The van der Waals surface area contributed by atoms with Crippen molar-refractivity contribution in [2.75, 3.05) is 17.7 Å². The number of hydrogen-bond acceptors (Lipinski definition) is 4. The Kier molecular flexibility index (Phi) is 6.76. The molecular formula is C21H23FN2O4. The van der Waals surface area contributed by atoms with Crippen LogP contribution in [0.1, 0.15) is 26.3 Å². The van der Waals surface area contributed by atoms with E-state index in [2.05, 4.69) is 10.6 Å². The van der Waals surface area contributed by atoms with Gasteiger partial charge in [-0.05, 0) is 62.7 Å². The van der Waals surface area contributed by atoms with Crippen molar-refractivity contribution in [3.63, 3.8) is 0 Å². The molecule has 7 heteroatoms. The van der Waals surface area contributed by atoms with Gasteiger partial charge in [0.2, 0.25) is 5.91 Å².